The van der Waals surface area contributed by atoms with Crippen molar-refractivity contribution in [2.45, 2.75) is 31.5 Å². The number of carbonyl (C=O) groups excluding carboxylic acids is 3. The third kappa shape index (κ3) is 2.37. The molecule has 0 aromatic heterocycles. The fourth-order valence-electron chi connectivity index (χ4n) is 2.97. The van der Waals surface area contributed by atoms with Gasteiger partial charge in [-0.3, -0.25) is 14.4 Å². The van der Waals surface area contributed by atoms with Gasteiger partial charge in [-0.05, 0) is 25.5 Å². The van der Waals surface area contributed by atoms with E-state index in [4.69, 9.17) is 0 Å². The SMILES string of the molecule is C[C@@H]1NC(=O)[C@@H]2[C@@H](NC(=O)c3ccccc3)CCN2C1=O. The highest BCUT2D eigenvalue weighted by Crippen LogP contribution is 2.23. The van der Waals surface area contributed by atoms with Crippen LogP contribution in [0.15, 0.2) is 30.3 Å². The molecular weight excluding hydrogens is 270 g/mol. The largest absolute Gasteiger partial charge is 0.347 e. The molecule has 2 N–H and O–H groups in total. The second kappa shape index (κ2) is 5.20. The lowest BCUT2D eigenvalue weighted by atomic mass is 10.0. The van der Waals surface area contributed by atoms with Crippen molar-refractivity contribution in [3.05, 3.63) is 35.9 Å². The average Bonchev–Trinajstić information content (AvgIpc) is 2.90. The lowest BCUT2D eigenvalue weighted by Gasteiger charge is -2.35. The molecule has 0 spiro atoms. The molecule has 0 unspecified atom stereocenters. The van der Waals surface area contributed by atoms with Crippen LogP contribution in [0.2, 0.25) is 0 Å². The van der Waals surface area contributed by atoms with Gasteiger partial charge in [0.2, 0.25) is 11.8 Å². The van der Waals surface area contributed by atoms with E-state index in [0.29, 0.717) is 18.5 Å². The summed E-state index contributed by atoms with van der Waals surface area (Å²) in [6.07, 6.45) is 0.592. The summed E-state index contributed by atoms with van der Waals surface area (Å²) < 4.78 is 0. The molecule has 2 aliphatic rings. The highest BCUT2D eigenvalue weighted by Gasteiger charge is 2.47. The molecule has 110 valence electrons. The molecule has 0 radical (unpaired) electrons. The van der Waals surface area contributed by atoms with Gasteiger partial charge in [-0.25, -0.2) is 0 Å². The molecule has 21 heavy (non-hydrogen) atoms. The maximum absolute atomic E-state index is 12.2. The summed E-state index contributed by atoms with van der Waals surface area (Å²) in [6, 6.07) is 7.42. The van der Waals surface area contributed by atoms with E-state index in [1.807, 2.05) is 6.07 Å². The summed E-state index contributed by atoms with van der Waals surface area (Å²) in [7, 11) is 0. The minimum atomic E-state index is -0.596. The Labute approximate surface area is 122 Å². The number of benzene rings is 1. The predicted molar refractivity (Wildman–Crippen MR) is 75.4 cm³/mol. The van der Waals surface area contributed by atoms with Gasteiger partial charge < -0.3 is 15.5 Å². The molecule has 0 saturated carbocycles. The van der Waals surface area contributed by atoms with E-state index in [0.717, 1.165) is 0 Å². The highest BCUT2D eigenvalue weighted by molar-refractivity contribution is 5.99. The fraction of sp³-hybridized carbons (Fsp3) is 0.400. The van der Waals surface area contributed by atoms with Crippen molar-refractivity contribution in [2.75, 3.05) is 6.54 Å². The first-order valence-corrected chi connectivity index (χ1v) is 7.04. The van der Waals surface area contributed by atoms with Gasteiger partial charge in [-0.1, -0.05) is 18.2 Å². The van der Waals surface area contributed by atoms with Crippen molar-refractivity contribution < 1.29 is 14.4 Å². The second-order valence-corrected chi connectivity index (χ2v) is 5.44. The number of hydrogen-bond donors (Lipinski definition) is 2. The zero-order valence-electron chi connectivity index (χ0n) is 11.7. The zero-order valence-corrected chi connectivity index (χ0v) is 11.7. The molecular formula is C15H17N3O3. The number of nitrogens with zero attached hydrogens (tertiary/aromatic N) is 1. The molecule has 0 bridgehead atoms. The number of rotatable bonds is 2. The second-order valence-electron chi connectivity index (χ2n) is 5.44. The molecule has 3 atom stereocenters. The summed E-state index contributed by atoms with van der Waals surface area (Å²) in [5.41, 5.74) is 0.548. The smallest absolute Gasteiger partial charge is 0.251 e. The Kier molecular flexibility index (Phi) is 3.37. The Morgan fingerprint density at radius 1 is 1.29 bits per heavy atom. The van der Waals surface area contributed by atoms with Gasteiger partial charge in [-0.15, -0.1) is 0 Å². The van der Waals surface area contributed by atoms with Crippen molar-refractivity contribution >= 4 is 17.7 Å². The quantitative estimate of drug-likeness (QED) is 0.797. The number of amides is 3. The van der Waals surface area contributed by atoms with Gasteiger partial charge in [0, 0.05) is 12.1 Å². The van der Waals surface area contributed by atoms with Gasteiger partial charge in [-0.2, -0.15) is 0 Å². The molecule has 6 nitrogen and oxygen atoms in total. The maximum atomic E-state index is 12.2. The van der Waals surface area contributed by atoms with E-state index in [1.54, 1.807) is 36.1 Å². The first-order chi connectivity index (χ1) is 10.1. The van der Waals surface area contributed by atoms with Crippen LogP contribution >= 0.6 is 0 Å². The minimum absolute atomic E-state index is 0.0870. The lowest BCUT2D eigenvalue weighted by Crippen LogP contribution is -2.64. The van der Waals surface area contributed by atoms with Crippen LogP contribution in [0.25, 0.3) is 0 Å². The summed E-state index contributed by atoms with van der Waals surface area (Å²) in [6.45, 7) is 2.17. The van der Waals surface area contributed by atoms with Crippen molar-refractivity contribution in [1.29, 1.82) is 0 Å². The molecule has 3 rings (SSSR count). The Hall–Kier alpha value is -2.37. The van der Waals surface area contributed by atoms with Gasteiger partial charge in [0.05, 0.1) is 6.04 Å². The fourth-order valence-corrected chi connectivity index (χ4v) is 2.97. The molecule has 1 aromatic rings. The number of fused-ring (bicyclic) bond motifs is 1. The molecule has 2 aliphatic heterocycles. The lowest BCUT2D eigenvalue weighted by molar-refractivity contribution is -0.146. The molecule has 0 aliphatic carbocycles. The van der Waals surface area contributed by atoms with Crippen molar-refractivity contribution in [2.24, 2.45) is 0 Å². The van der Waals surface area contributed by atoms with Crippen molar-refractivity contribution in [1.82, 2.24) is 15.5 Å². The van der Waals surface area contributed by atoms with Crippen molar-refractivity contribution in [3.63, 3.8) is 0 Å². The monoisotopic (exact) mass is 287 g/mol. The van der Waals surface area contributed by atoms with Crippen LogP contribution in [0.3, 0.4) is 0 Å². The topological polar surface area (TPSA) is 78.5 Å². The standard InChI is InChI=1S/C15H17N3O3/c1-9-15(21)18-8-7-11(12(18)14(20)16-9)17-13(19)10-5-3-2-4-6-10/h2-6,9,11-12H,7-8H2,1H3,(H,16,20)(H,17,19)/t9-,11-,12-/m0/s1. The third-order valence-electron chi connectivity index (χ3n) is 4.03. The molecule has 2 fully saturated rings. The van der Waals surface area contributed by atoms with Crippen LogP contribution in [0.4, 0.5) is 0 Å². The number of nitrogens with one attached hydrogen (secondary N) is 2. The summed E-state index contributed by atoms with van der Waals surface area (Å²) in [5.74, 6) is -0.504. The van der Waals surface area contributed by atoms with Gasteiger partial charge in [0.1, 0.15) is 12.1 Å². The van der Waals surface area contributed by atoms with E-state index in [-0.39, 0.29) is 23.8 Å². The van der Waals surface area contributed by atoms with E-state index >= 15 is 0 Å². The Bertz CT molecular complexity index is 587. The van der Waals surface area contributed by atoms with Crippen LogP contribution in [0.1, 0.15) is 23.7 Å². The van der Waals surface area contributed by atoms with Crippen LogP contribution in [0, 0.1) is 0 Å². The molecule has 3 amide bonds. The Morgan fingerprint density at radius 3 is 2.71 bits per heavy atom. The average molecular weight is 287 g/mol. The first kappa shape index (κ1) is 13.6. The third-order valence-corrected chi connectivity index (χ3v) is 4.03. The Morgan fingerprint density at radius 2 is 2.00 bits per heavy atom. The van der Waals surface area contributed by atoms with Gasteiger partial charge >= 0.3 is 0 Å². The van der Waals surface area contributed by atoms with Gasteiger partial charge in [0.25, 0.3) is 5.91 Å². The van der Waals surface area contributed by atoms with Gasteiger partial charge in [0.15, 0.2) is 0 Å². The normalized spacial score (nSPS) is 28.0. The van der Waals surface area contributed by atoms with Crippen LogP contribution < -0.4 is 10.6 Å². The molecule has 1 aromatic carbocycles. The highest BCUT2D eigenvalue weighted by atomic mass is 16.2. The maximum Gasteiger partial charge on any atom is 0.251 e. The van der Waals surface area contributed by atoms with Crippen LogP contribution in [-0.2, 0) is 9.59 Å². The number of hydrogen-bond acceptors (Lipinski definition) is 3. The summed E-state index contributed by atoms with van der Waals surface area (Å²) in [5, 5.41) is 5.53. The van der Waals surface area contributed by atoms with Crippen molar-refractivity contribution in [3.8, 4) is 0 Å². The molecule has 2 saturated heterocycles. The summed E-state index contributed by atoms with van der Waals surface area (Å²) >= 11 is 0. The number of carbonyl (C=O) groups is 3. The first-order valence-electron chi connectivity index (χ1n) is 7.04. The van der Waals surface area contributed by atoms with Crippen LogP contribution in [0.5, 0.6) is 0 Å². The van der Waals surface area contributed by atoms with E-state index < -0.39 is 12.1 Å². The molecule has 2 heterocycles. The molecule has 6 heteroatoms. The summed E-state index contributed by atoms with van der Waals surface area (Å²) in [4.78, 5) is 37.9. The van der Waals surface area contributed by atoms with E-state index in [9.17, 15) is 14.4 Å². The Balaban J connectivity index is 1.74. The predicted octanol–water partition coefficient (Wildman–Crippen LogP) is -0.0958. The minimum Gasteiger partial charge on any atom is -0.347 e. The van der Waals surface area contributed by atoms with Crippen LogP contribution in [-0.4, -0.2) is 47.3 Å². The van der Waals surface area contributed by atoms with E-state index in [1.165, 1.54) is 0 Å². The zero-order chi connectivity index (χ0) is 15.0. The number of piperazine rings is 1. The van der Waals surface area contributed by atoms with E-state index in [2.05, 4.69) is 10.6 Å².